The summed E-state index contributed by atoms with van der Waals surface area (Å²) in [4.78, 5) is 0. The van der Waals surface area contributed by atoms with E-state index in [2.05, 4.69) is 70.5 Å². The fourth-order valence-electron chi connectivity index (χ4n) is 2.27. The molecule has 0 aliphatic heterocycles. The number of hydrogen-bond acceptors (Lipinski definition) is 2. The molecule has 0 bridgehead atoms. The Morgan fingerprint density at radius 3 is 2.47 bits per heavy atom. The second-order valence-electron chi connectivity index (χ2n) is 5.11. The molecule has 2 N–H and O–H groups in total. The number of nitrogens with zero attached hydrogens (tertiary/aromatic N) is 2. The summed E-state index contributed by atoms with van der Waals surface area (Å²) in [5.74, 6) is 0. The molecule has 0 saturated heterocycles. The first-order valence-corrected chi connectivity index (χ1v) is 7.58. The number of aromatic nitrogens is 2. The number of halogens is 1. The molecule has 2 rings (SSSR count). The Balaban J connectivity index is 2.23. The fourth-order valence-corrected chi connectivity index (χ4v) is 2.63. The minimum Gasteiger partial charge on any atom is -0.328 e. The van der Waals surface area contributed by atoms with E-state index in [1.807, 2.05) is 6.92 Å². The van der Waals surface area contributed by atoms with Crippen molar-refractivity contribution in [2.24, 2.45) is 5.73 Å². The van der Waals surface area contributed by atoms with E-state index in [0.29, 0.717) is 0 Å². The van der Waals surface area contributed by atoms with E-state index >= 15 is 0 Å². The molecular weight excluding hydrogens is 349 g/mol. The van der Waals surface area contributed by atoms with E-state index in [4.69, 9.17) is 5.73 Å². The molecular formula is C15H20IN3. The van der Waals surface area contributed by atoms with Crippen molar-refractivity contribution in [2.75, 3.05) is 0 Å². The average molecular weight is 369 g/mol. The van der Waals surface area contributed by atoms with Crippen LogP contribution in [0.5, 0.6) is 0 Å². The maximum Gasteiger partial charge on any atom is 0.0662 e. The lowest BCUT2D eigenvalue weighted by molar-refractivity contribution is 0.656. The maximum atomic E-state index is 5.90. The van der Waals surface area contributed by atoms with Crippen LogP contribution in [0.4, 0.5) is 0 Å². The molecule has 0 amide bonds. The maximum absolute atomic E-state index is 5.90. The Morgan fingerprint density at radius 2 is 1.89 bits per heavy atom. The summed E-state index contributed by atoms with van der Waals surface area (Å²) < 4.78 is 3.34. The highest BCUT2D eigenvalue weighted by Crippen LogP contribution is 2.16. The molecule has 1 aromatic heterocycles. The van der Waals surface area contributed by atoms with Crippen molar-refractivity contribution in [2.45, 2.75) is 39.8 Å². The second-order valence-corrected chi connectivity index (χ2v) is 6.36. The zero-order valence-corrected chi connectivity index (χ0v) is 13.8. The first-order chi connectivity index (χ1) is 8.97. The van der Waals surface area contributed by atoms with Gasteiger partial charge in [-0.25, -0.2) is 0 Å². The standard InChI is InChI=1S/C15H20IN3/c1-10(17)8-15-11(2)18-19(12(15)3)9-13-4-6-14(16)7-5-13/h4-7,10H,8-9,17H2,1-3H3. The van der Waals surface area contributed by atoms with Gasteiger partial charge in [0.05, 0.1) is 12.2 Å². The summed E-state index contributed by atoms with van der Waals surface area (Å²) in [6, 6.07) is 8.75. The first-order valence-electron chi connectivity index (χ1n) is 6.50. The van der Waals surface area contributed by atoms with E-state index in [9.17, 15) is 0 Å². The average Bonchev–Trinajstić information content (AvgIpc) is 2.60. The third kappa shape index (κ3) is 3.57. The molecule has 1 aromatic carbocycles. The minimum atomic E-state index is 0.174. The van der Waals surface area contributed by atoms with Crippen LogP contribution in [0.15, 0.2) is 24.3 Å². The van der Waals surface area contributed by atoms with Crippen molar-refractivity contribution >= 4 is 22.6 Å². The van der Waals surface area contributed by atoms with Gasteiger partial charge in [0.15, 0.2) is 0 Å². The molecule has 4 heteroatoms. The van der Waals surface area contributed by atoms with Crippen LogP contribution < -0.4 is 5.73 Å². The largest absolute Gasteiger partial charge is 0.328 e. The van der Waals surface area contributed by atoms with Crippen molar-refractivity contribution in [1.82, 2.24) is 9.78 Å². The Labute approximate surface area is 128 Å². The van der Waals surface area contributed by atoms with E-state index in [1.165, 1.54) is 20.4 Å². The van der Waals surface area contributed by atoms with Crippen molar-refractivity contribution < 1.29 is 0 Å². The molecule has 0 spiro atoms. The number of hydrogen-bond donors (Lipinski definition) is 1. The third-order valence-electron chi connectivity index (χ3n) is 3.30. The van der Waals surface area contributed by atoms with Crippen LogP contribution in [0.25, 0.3) is 0 Å². The van der Waals surface area contributed by atoms with Crippen LogP contribution in [0.3, 0.4) is 0 Å². The molecule has 3 nitrogen and oxygen atoms in total. The topological polar surface area (TPSA) is 43.8 Å². The van der Waals surface area contributed by atoms with Gasteiger partial charge >= 0.3 is 0 Å². The van der Waals surface area contributed by atoms with Gasteiger partial charge in [-0.15, -0.1) is 0 Å². The number of benzene rings is 1. The van der Waals surface area contributed by atoms with Gasteiger partial charge in [-0.3, -0.25) is 4.68 Å². The summed E-state index contributed by atoms with van der Waals surface area (Å²) in [7, 11) is 0. The summed E-state index contributed by atoms with van der Waals surface area (Å²) in [6.07, 6.45) is 0.893. The normalized spacial score (nSPS) is 12.7. The number of rotatable bonds is 4. The molecule has 0 aliphatic rings. The molecule has 0 aliphatic carbocycles. The van der Waals surface area contributed by atoms with Crippen LogP contribution in [0.1, 0.15) is 29.4 Å². The van der Waals surface area contributed by atoms with Crippen LogP contribution >= 0.6 is 22.6 Å². The van der Waals surface area contributed by atoms with Crippen molar-refractivity contribution in [3.05, 3.63) is 50.4 Å². The van der Waals surface area contributed by atoms with Gasteiger partial charge in [0.2, 0.25) is 0 Å². The summed E-state index contributed by atoms with van der Waals surface area (Å²) in [6.45, 7) is 7.05. The van der Waals surface area contributed by atoms with Crippen LogP contribution in [-0.4, -0.2) is 15.8 Å². The van der Waals surface area contributed by atoms with Gasteiger partial charge < -0.3 is 5.73 Å². The molecule has 1 heterocycles. The molecule has 0 fully saturated rings. The summed E-state index contributed by atoms with van der Waals surface area (Å²) in [5, 5.41) is 4.64. The van der Waals surface area contributed by atoms with Crippen molar-refractivity contribution in [3.63, 3.8) is 0 Å². The summed E-state index contributed by atoms with van der Waals surface area (Å²) in [5.41, 5.74) is 10.8. The molecule has 2 aromatic rings. The Kier molecular flexibility index (Phi) is 4.62. The number of aryl methyl sites for hydroxylation is 1. The Bertz CT molecular complexity index is 556. The molecule has 102 valence electrons. The fraction of sp³-hybridized carbons (Fsp3) is 0.400. The van der Waals surface area contributed by atoms with E-state index in [0.717, 1.165) is 18.7 Å². The predicted octanol–water partition coefficient (Wildman–Crippen LogP) is 3.04. The molecule has 19 heavy (non-hydrogen) atoms. The number of nitrogens with two attached hydrogens (primary N) is 1. The van der Waals surface area contributed by atoms with Gasteiger partial charge in [0.1, 0.15) is 0 Å². The van der Waals surface area contributed by atoms with Gasteiger partial charge in [0.25, 0.3) is 0 Å². The Hall–Kier alpha value is -0.880. The second kappa shape index (κ2) is 6.05. The third-order valence-corrected chi connectivity index (χ3v) is 4.02. The zero-order valence-electron chi connectivity index (χ0n) is 11.7. The quantitative estimate of drug-likeness (QED) is 0.842. The van der Waals surface area contributed by atoms with E-state index < -0.39 is 0 Å². The Morgan fingerprint density at radius 1 is 1.26 bits per heavy atom. The lowest BCUT2D eigenvalue weighted by Crippen LogP contribution is -2.18. The highest BCUT2D eigenvalue weighted by atomic mass is 127. The van der Waals surface area contributed by atoms with Crippen LogP contribution in [0, 0.1) is 17.4 Å². The van der Waals surface area contributed by atoms with Crippen LogP contribution in [0.2, 0.25) is 0 Å². The molecule has 0 saturated carbocycles. The van der Waals surface area contributed by atoms with Gasteiger partial charge in [-0.05, 0) is 73.0 Å². The molecule has 0 radical (unpaired) electrons. The smallest absolute Gasteiger partial charge is 0.0662 e. The highest BCUT2D eigenvalue weighted by molar-refractivity contribution is 14.1. The molecule has 1 atom stereocenters. The van der Waals surface area contributed by atoms with E-state index in [-0.39, 0.29) is 6.04 Å². The van der Waals surface area contributed by atoms with Crippen molar-refractivity contribution in [1.29, 1.82) is 0 Å². The predicted molar refractivity (Wildman–Crippen MR) is 87.3 cm³/mol. The monoisotopic (exact) mass is 369 g/mol. The van der Waals surface area contributed by atoms with Gasteiger partial charge in [0, 0.05) is 15.3 Å². The van der Waals surface area contributed by atoms with Crippen LogP contribution in [-0.2, 0) is 13.0 Å². The highest BCUT2D eigenvalue weighted by Gasteiger charge is 2.12. The summed E-state index contributed by atoms with van der Waals surface area (Å²) >= 11 is 2.32. The first kappa shape index (κ1) is 14.5. The van der Waals surface area contributed by atoms with Gasteiger partial charge in [-0.1, -0.05) is 12.1 Å². The zero-order chi connectivity index (χ0) is 14.0. The van der Waals surface area contributed by atoms with E-state index in [1.54, 1.807) is 0 Å². The minimum absolute atomic E-state index is 0.174. The van der Waals surface area contributed by atoms with Crippen molar-refractivity contribution in [3.8, 4) is 0 Å². The molecule has 1 unspecified atom stereocenters. The SMILES string of the molecule is Cc1nn(Cc2ccc(I)cc2)c(C)c1CC(C)N. The lowest BCUT2D eigenvalue weighted by Gasteiger charge is -2.07. The lowest BCUT2D eigenvalue weighted by atomic mass is 10.1. The van der Waals surface area contributed by atoms with Gasteiger partial charge in [-0.2, -0.15) is 5.10 Å².